The lowest BCUT2D eigenvalue weighted by atomic mass is 9.81. The first-order valence-electron chi connectivity index (χ1n) is 7.04. The number of nitriles is 1. The van der Waals surface area contributed by atoms with Gasteiger partial charge in [0.1, 0.15) is 6.07 Å². The molecule has 0 aliphatic heterocycles. The molecule has 1 fully saturated rings. The molecule has 4 nitrogen and oxygen atoms in total. The van der Waals surface area contributed by atoms with Gasteiger partial charge in [-0.25, -0.2) is 13.1 Å². The Balaban J connectivity index is 2.19. The first kappa shape index (κ1) is 16.3. The highest BCUT2D eigenvalue weighted by molar-refractivity contribution is 7.89. The summed E-state index contributed by atoms with van der Waals surface area (Å²) in [4.78, 5) is 0.109. The molecule has 0 spiro atoms. The van der Waals surface area contributed by atoms with E-state index in [0.29, 0.717) is 11.8 Å². The zero-order chi connectivity index (χ0) is 15.6. The molecular formula is C15H19ClN2O2S. The van der Waals surface area contributed by atoms with Crippen LogP contribution in [0.4, 0.5) is 0 Å². The number of halogens is 1. The highest BCUT2D eigenvalue weighted by atomic mass is 35.5. The van der Waals surface area contributed by atoms with Crippen LogP contribution in [0.25, 0.3) is 0 Å². The van der Waals surface area contributed by atoms with Crippen LogP contribution in [-0.4, -0.2) is 14.5 Å². The summed E-state index contributed by atoms with van der Waals surface area (Å²) in [6.07, 6.45) is 2.85. The Labute approximate surface area is 131 Å². The van der Waals surface area contributed by atoms with Crippen molar-refractivity contribution < 1.29 is 8.42 Å². The van der Waals surface area contributed by atoms with Crippen molar-refractivity contribution in [2.45, 2.75) is 44.0 Å². The van der Waals surface area contributed by atoms with E-state index in [9.17, 15) is 8.42 Å². The summed E-state index contributed by atoms with van der Waals surface area (Å²) in [6, 6.07) is 6.07. The molecule has 1 aromatic carbocycles. The van der Waals surface area contributed by atoms with E-state index >= 15 is 0 Å². The normalized spacial score (nSPS) is 26.3. The fourth-order valence-corrected chi connectivity index (χ4v) is 4.66. The third kappa shape index (κ3) is 3.97. The van der Waals surface area contributed by atoms with Crippen molar-refractivity contribution >= 4 is 21.6 Å². The Morgan fingerprint density at radius 3 is 2.38 bits per heavy atom. The smallest absolute Gasteiger partial charge is 0.208 e. The van der Waals surface area contributed by atoms with Crippen LogP contribution < -0.4 is 4.72 Å². The van der Waals surface area contributed by atoms with Crippen molar-refractivity contribution in [1.82, 2.24) is 4.72 Å². The third-order valence-electron chi connectivity index (χ3n) is 3.87. The lowest BCUT2D eigenvalue weighted by Crippen LogP contribution is -2.39. The molecule has 1 aliphatic rings. The molecule has 21 heavy (non-hydrogen) atoms. The molecule has 0 saturated heterocycles. The van der Waals surface area contributed by atoms with Crippen LogP contribution in [0.3, 0.4) is 0 Å². The zero-order valence-corrected chi connectivity index (χ0v) is 13.7. The van der Waals surface area contributed by atoms with Gasteiger partial charge in [-0.3, -0.25) is 0 Å². The summed E-state index contributed by atoms with van der Waals surface area (Å²) in [5.74, 6) is 1.04. The quantitative estimate of drug-likeness (QED) is 0.926. The lowest BCUT2D eigenvalue weighted by molar-refractivity contribution is 0.257. The maximum atomic E-state index is 12.4. The van der Waals surface area contributed by atoms with Crippen molar-refractivity contribution in [3.05, 3.63) is 28.8 Å². The van der Waals surface area contributed by atoms with E-state index < -0.39 is 10.0 Å². The van der Waals surface area contributed by atoms with Gasteiger partial charge >= 0.3 is 0 Å². The van der Waals surface area contributed by atoms with Crippen molar-refractivity contribution in [2.24, 2.45) is 11.8 Å². The standard InChI is InChI=1S/C15H19ClN2O2S/c1-10-5-11(2)7-13(6-10)18-21(19,20)14-4-3-12(9-17)15(16)8-14/h3-4,8,10-11,13,18H,5-7H2,1-2H3. The van der Waals surface area contributed by atoms with Gasteiger partial charge in [0.25, 0.3) is 0 Å². The molecule has 0 aromatic heterocycles. The van der Waals surface area contributed by atoms with Crippen LogP contribution in [0.15, 0.2) is 23.1 Å². The number of nitrogens with zero attached hydrogens (tertiary/aromatic N) is 1. The van der Waals surface area contributed by atoms with Crippen LogP contribution in [0.1, 0.15) is 38.7 Å². The first-order valence-corrected chi connectivity index (χ1v) is 8.90. The van der Waals surface area contributed by atoms with Crippen molar-refractivity contribution in [3.8, 4) is 6.07 Å². The average Bonchev–Trinajstić information content (AvgIpc) is 2.36. The average molecular weight is 327 g/mol. The van der Waals surface area contributed by atoms with Crippen LogP contribution in [0.2, 0.25) is 5.02 Å². The molecule has 6 heteroatoms. The lowest BCUT2D eigenvalue weighted by Gasteiger charge is -2.31. The van der Waals surface area contributed by atoms with Gasteiger partial charge in [-0.1, -0.05) is 25.4 Å². The Morgan fingerprint density at radius 1 is 1.24 bits per heavy atom. The molecular weight excluding hydrogens is 308 g/mol. The number of sulfonamides is 1. The van der Waals surface area contributed by atoms with Gasteiger partial charge in [-0.05, 0) is 49.3 Å². The van der Waals surface area contributed by atoms with E-state index in [-0.39, 0.29) is 21.5 Å². The molecule has 0 amide bonds. The Kier molecular flexibility index (Phi) is 4.92. The predicted molar refractivity (Wildman–Crippen MR) is 82.5 cm³/mol. The summed E-state index contributed by atoms with van der Waals surface area (Å²) >= 11 is 5.91. The predicted octanol–water partition coefficient (Wildman–Crippen LogP) is 3.31. The molecule has 0 bridgehead atoms. The molecule has 1 saturated carbocycles. The minimum atomic E-state index is -3.60. The van der Waals surface area contributed by atoms with Gasteiger partial charge in [-0.2, -0.15) is 5.26 Å². The van der Waals surface area contributed by atoms with Gasteiger partial charge in [0, 0.05) is 6.04 Å². The van der Waals surface area contributed by atoms with E-state index in [2.05, 4.69) is 18.6 Å². The highest BCUT2D eigenvalue weighted by Crippen LogP contribution is 2.29. The van der Waals surface area contributed by atoms with E-state index in [4.69, 9.17) is 16.9 Å². The van der Waals surface area contributed by atoms with E-state index in [1.165, 1.54) is 18.2 Å². The minimum Gasteiger partial charge on any atom is -0.208 e. The maximum Gasteiger partial charge on any atom is 0.240 e. The zero-order valence-electron chi connectivity index (χ0n) is 12.1. The topological polar surface area (TPSA) is 70.0 Å². The van der Waals surface area contributed by atoms with E-state index in [1.807, 2.05) is 6.07 Å². The number of hydrogen-bond acceptors (Lipinski definition) is 3. The molecule has 0 radical (unpaired) electrons. The molecule has 2 unspecified atom stereocenters. The summed E-state index contributed by atoms with van der Waals surface area (Å²) in [6.45, 7) is 4.30. The Bertz CT molecular complexity index is 657. The molecule has 2 rings (SSSR count). The number of benzene rings is 1. The van der Waals surface area contributed by atoms with Crippen molar-refractivity contribution in [1.29, 1.82) is 5.26 Å². The largest absolute Gasteiger partial charge is 0.240 e. The van der Waals surface area contributed by atoms with E-state index in [1.54, 1.807) is 0 Å². The third-order valence-corrected chi connectivity index (χ3v) is 5.70. The van der Waals surface area contributed by atoms with Crippen LogP contribution in [0.5, 0.6) is 0 Å². The Morgan fingerprint density at radius 2 is 1.86 bits per heavy atom. The number of nitrogens with one attached hydrogen (secondary N) is 1. The van der Waals surface area contributed by atoms with Gasteiger partial charge in [0.05, 0.1) is 15.5 Å². The maximum absolute atomic E-state index is 12.4. The molecule has 114 valence electrons. The van der Waals surface area contributed by atoms with Crippen molar-refractivity contribution in [2.75, 3.05) is 0 Å². The summed E-state index contributed by atoms with van der Waals surface area (Å²) < 4.78 is 27.6. The van der Waals surface area contributed by atoms with Crippen molar-refractivity contribution in [3.63, 3.8) is 0 Å². The molecule has 1 aromatic rings. The second kappa shape index (κ2) is 6.35. The van der Waals surface area contributed by atoms with Gasteiger partial charge in [0.15, 0.2) is 0 Å². The van der Waals surface area contributed by atoms with Gasteiger partial charge in [-0.15, -0.1) is 0 Å². The molecule has 1 N–H and O–H groups in total. The van der Waals surface area contributed by atoms with Crippen LogP contribution in [-0.2, 0) is 10.0 Å². The molecule has 2 atom stereocenters. The molecule has 0 heterocycles. The summed E-state index contributed by atoms with van der Waals surface area (Å²) in [5.41, 5.74) is 0.274. The monoisotopic (exact) mass is 326 g/mol. The van der Waals surface area contributed by atoms with Gasteiger partial charge < -0.3 is 0 Å². The molecule has 1 aliphatic carbocycles. The fourth-order valence-electron chi connectivity index (χ4n) is 3.08. The summed E-state index contributed by atoms with van der Waals surface area (Å²) in [7, 11) is -3.60. The van der Waals surface area contributed by atoms with Crippen LogP contribution in [0, 0.1) is 23.2 Å². The highest BCUT2D eigenvalue weighted by Gasteiger charge is 2.28. The first-order chi connectivity index (χ1) is 9.81. The minimum absolute atomic E-state index is 0.0387. The van der Waals surface area contributed by atoms with Gasteiger partial charge in [0.2, 0.25) is 10.0 Å². The number of rotatable bonds is 3. The second-order valence-electron chi connectivity index (χ2n) is 5.99. The van der Waals surface area contributed by atoms with Crippen LogP contribution >= 0.6 is 11.6 Å². The number of hydrogen-bond donors (Lipinski definition) is 1. The van der Waals surface area contributed by atoms with E-state index in [0.717, 1.165) is 19.3 Å². The fraction of sp³-hybridized carbons (Fsp3) is 0.533. The Hall–Kier alpha value is -1.09. The SMILES string of the molecule is CC1CC(C)CC(NS(=O)(=O)c2ccc(C#N)c(Cl)c2)C1. The second-order valence-corrected chi connectivity index (χ2v) is 8.11. The summed E-state index contributed by atoms with van der Waals surface area (Å²) in [5, 5.41) is 8.99.